The van der Waals surface area contributed by atoms with Gasteiger partial charge in [-0.3, -0.25) is 0 Å². The van der Waals surface area contributed by atoms with E-state index in [2.05, 4.69) is 4.74 Å². The normalized spacial score (nSPS) is 11.6. The smallest absolute Gasteiger partial charge is 0.246 e. The highest BCUT2D eigenvalue weighted by Gasteiger charge is 2.33. The molecule has 0 unspecified atom stereocenters. The summed E-state index contributed by atoms with van der Waals surface area (Å²) in [4.78, 5) is -1.71. The molecule has 0 bridgehead atoms. The second-order valence-electron chi connectivity index (χ2n) is 5.19. The molecule has 25 heavy (non-hydrogen) atoms. The van der Waals surface area contributed by atoms with Gasteiger partial charge in [-0.05, 0) is 24.5 Å². The van der Waals surface area contributed by atoms with Crippen molar-refractivity contribution in [2.24, 2.45) is 0 Å². The maximum Gasteiger partial charge on any atom is 0.246 e. The molecule has 2 rings (SSSR count). The van der Waals surface area contributed by atoms with Gasteiger partial charge in [0, 0.05) is 6.54 Å². The Kier molecular flexibility index (Phi) is 5.69. The van der Waals surface area contributed by atoms with Crippen LogP contribution in [-0.4, -0.2) is 22.1 Å². The fraction of sp³-hybridized carbons (Fsp3) is 0.250. The topological polar surface area (TPSA) is 55.4 Å². The van der Waals surface area contributed by atoms with Crippen LogP contribution in [0.2, 0.25) is 0 Å². The maximum absolute atomic E-state index is 13.9. The summed E-state index contributed by atoms with van der Waals surface area (Å²) in [7, 11) is -4.01. The molecule has 0 heterocycles. The number of nitrogens with one attached hydrogen (secondary N) is 1. The Hall–Kier alpha value is -2.13. The number of hydrogen-bond acceptors (Lipinski definition) is 3. The van der Waals surface area contributed by atoms with Crippen LogP contribution in [0.1, 0.15) is 11.1 Å². The lowest BCUT2D eigenvalue weighted by Gasteiger charge is -2.12. The van der Waals surface area contributed by atoms with E-state index in [9.17, 15) is 26.0 Å². The standard InChI is InChI=1S/C16H15F4NO3S/c1-9-5-3-4-6-10(9)7-8-21-25(22,23)16-13(19)11(17)15(24-2)12(18)14(16)20/h3-6,21H,7-8H2,1-2H3. The summed E-state index contributed by atoms with van der Waals surface area (Å²) >= 11 is 0. The van der Waals surface area contributed by atoms with Crippen molar-refractivity contribution in [1.82, 2.24) is 4.72 Å². The average Bonchev–Trinajstić information content (AvgIpc) is 2.55. The summed E-state index contributed by atoms with van der Waals surface area (Å²) < 4.78 is 85.5. The first-order valence-electron chi connectivity index (χ1n) is 7.14. The molecular formula is C16H15F4NO3S. The summed E-state index contributed by atoms with van der Waals surface area (Å²) in [5.41, 5.74) is 1.72. The summed E-state index contributed by atoms with van der Waals surface area (Å²) in [6.07, 6.45) is 0.232. The van der Waals surface area contributed by atoms with Crippen molar-refractivity contribution in [2.45, 2.75) is 18.2 Å². The Bertz CT molecular complexity index is 871. The first kappa shape index (κ1) is 19.2. The minimum Gasteiger partial charge on any atom is -0.491 e. The first-order valence-corrected chi connectivity index (χ1v) is 8.63. The van der Waals surface area contributed by atoms with E-state index in [0.717, 1.165) is 18.2 Å². The van der Waals surface area contributed by atoms with Gasteiger partial charge in [0.05, 0.1) is 7.11 Å². The lowest BCUT2D eigenvalue weighted by molar-refractivity contribution is 0.322. The quantitative estimate of drug-likeness (QED) is 0.622. The van der Waals surface area contributed by atoms with Crippen LogP contribution in [0, 0.1) is 30.2 Å². The molecule has 9 heteroatoms. The van der Waals surface area contributed by atoms with Gasteiger partial charge < -0.3 is 4.74 Å². The average molecular weight is 377 g/mol. The fourth-order valence-corrected chi connectivity index (χ4v) is 3.46. The zero-order valence-corrected chi connectivity index (χ0v) is 14.2. The largest absolute Gasteiger partial charge is 0.491 e. The second-order valence-corrected chi connectivity index (χ2v) is 6.90. The highest BCUT2D eigenvalue weighted by atomic mass is 32.2. The van der Waals surface area contributed by atoms with Crippen LogP contribution < -0.4 is 9.46 Å². The van der Waals surface area contributed by atoms with Crippen LogP contribution in [-0.2, 0) is 16.4 Å². The molecule has 0 aliphatic heterocycles. The number of halogens is 4. The van der Waals surface area contributed by atoms with Gasteiger partial charge in [-0.2, -0.15) is 8.78 Å². The Morgan fingerprint density at radius 3 is 2.08 bits per heavy atom. The van der Waals surface area contributed by atoms with Gasteiger partial charge in [-0.25, -0.2) is 21.9 Å². The van der Waals surface area contributed by atoms with Gasteiger partial charge >= 0.3 is 0 Å². The van der Waals surface area contributed by atoms with Gasteiger partial charge in [0.25, 0.3) is 0 Å². The molecule has 0 aliphatic rings. The summed E-state index contributed by atoms with van der Waals surface area (Å²) in [5.74, 6) is -9.24. The third-order valence-corrected chi connectivity index (χ3v) is 5.08. The molecule has 0 saturated heterocycles. The van der Waals surface area contributed by atoms with E-state index < -0.39 is 43.9 Å². The minimum atomic E-state index is -4.81. The number of ether oxygens (including phenoxy) is 1. The molecule has 1 N–H and O–H groups in total. The van der Waals surface area contributed by atoms with Crippen LogP contribution in [0.15, 0.2) is 29.2 Å². The second kappa shape index (κ2) is 7.40. The molecule has 0 radical (unpaired) electrons. The van der Waals surface area contributed by atoms with Crippen molar-refractivity contribution >= 4 is 10.0 Å². The molecule has 136 valence electrons. The molecule has 0 fully saturated rings. The highest BCUT2D eigenvalue weighted by molar-refractivity contribution is 7.89. The van der Waals surface area contributed by atoms with Crippen molar-refractivity contribution in [3.63, 3.8) is 0 Å². The van der Waals surface area contributed by atoms with Gasteiger partial charge in [0.1, 0.15) is 0 Å². The number of rotatable bonds is 6. The van der Waals surface area contributed by atoms with E-state index in [1.165, 1.54) is 0 Å². The molecule has 2 aromatic carbocycles. The lowest BCUT2D eigenvalue weighted by atomic mass is 10.1. The molecule has 2 aromatic rings. The predicted molar refractivity (Wildman–Crippen MR) is 82.9 cm³/mol. The molecule has 0 aliphatic carbocycles. The van der Waals surface area contributed by atoms with Crippen molar-refractivity contribution in [1.29, 1.82) is 0 Å². The number of aryl methyl sites for hydroxylation is 1. The van der Waals surface area contributed by atoms with Crippen LogP contribution in [0.3, 0.4) is 0 Å². The summed E-state index contributed by atoms with van der Waals surface area (Å²) in [6.45, 7) is 1.61. The SMILES string of the molecule is COc1c(F)c(F)c(S(=O)(=O)NCCc2ccccc2C)c(F)c1F. The van der Waals surface area contributed by atoms with E-state index in [-0.39, 0.29) is 13.0 Å². The zero-order chi connectivity index (χ0) is 18.8. The van der Waals surface area contributed by atoms with Crippen LogP contribution in [0.25, 0.3) is 0 Å². The Labute approximate surface area is 142 Å². The molecule has 0 saturated carbocycles. The maximum atomic E-state index is 13.9. The number of hydrogen-bond donors (Lipinski definition) is 1. The number of sulfonamides is 1. The number of methoxy groups -OCH3 is 1. The molecule has 0 spiro atoms. The third kappa shape index (κ3) is 3.77. The van der Waals surface area contributed by atoms with Crippen molar-refractivity contribution in [3.05, 3.63) is 58.7 Å². The van der Waals surface area contributed by atoms with Crippen LogP contribution >= 0.6 is 0 Å². The van der Waals surface area contributed by atoms with Crippen molar-refractivity contribution in [2.75, 3.05) is 13.7 Å². The summed E-state index contributed by atoms with van der Waals surface area (Å²) in [6, 6.07) is 7.13. The summed E-state index contributed by atoms with van der Waals surface area (Å²) in [5, 5.41) is 0. The van der Waals surface area contributed by atoms with E-state index in [1.54, 1.807) is 18.2 Å². The molecule has 4 nitrogen and oxygen atoms in total. The Balaban J connectivity index is 2.30. The van der Waals surface area contributed by atoms with E-state index >= 15 is 0 Å². The third-order valence-electron chi connectivity index (χ3n) is 3.60. The zero-order valence-electron chi connectivity index (χ0n) is 13.4. The molecular weight excluding hydrogens is 362 g/mol. The van der Waals surface area contributed by atoms with Crippen molar-refractivity contribution < 1.29 is 30.7 Å². The molecule has 0 amide bonds. The predicted octanol–water partition coefficient (Wildman–Crippen LogP) is 3.08. The van der Waals surface area contributed by atoms with E-state index in [1.807, 2.05) is 17.7 Å². The van der Waals surface area contributed by atoms with Gasteiger partial charge in [0.15, 0.2) is 22.3 Å². The lowest BCUT2D eigenvalue weighted by Crippen LogP contribution is -2.28. The highest BCUT2D eigenvalue weighted by Crippen LogP contribution is 2.32. The fourth-order valence-electron chi connectivity index (χ4n) is 2.29. The van der Waals surface area contributed by atoms with Crippen LogP contribution in [0.4, 0.5) is 17.6 Å². The van der Waals surface area contributed by atoms with Crippen molar-refractivity contribution in [3.8, 4) is 5.75 Å². The number of benzene rings is 2. The Morgan fingerprint density at radius 1 is 1.00 bits per heavy atom. The Morgan fingerprint density at radius 2 is 1.56 bits per heavy atom. The minimum absolute atomic E-state index is 0.207. The van der Waals surface area contributed by atoms with Gasteiger partial charge in [-0.1, -0.05) is 24.3 Å². The molecule has 0 atom stereocenters. The monoisotopic (exact) mass is 377 g/mol. The van der Waals surface area contributed by atoms with E-state index in [4.69, 9.17) is 0 Å². The van der Waals surface area contributed by atoms with Crippen LogP contribution in [0.5, 0.6) is 5.75 Å². The van der Waals surface area contributed by atoms with E-state index in [0.29, 0.717) is 0 Å². The first-order chi connectivity index (χ1) is 11.7. The van der Waals surface area contributed by atoms with Gasteiger partial charge in [-0.15, -0.1) is 0 Å². The van der Waals surface area contributed by atoms with Gasteiger partial charge in [0.2, 0.25) is 21.7 Å². The molecule has 0 aromatic heterocycles.